The number of benzene rings is 2. The maximum Gasteiger partial charge on any atom is 0.416 e. The summed E-state index contributed by atoms with van der Waals surface area (Å²) in [5.41, 5.74) is -1.58. The van der Waals surface area contributed by atoms with Gasteiger partial charge in [0.1, 0.15) is 11.6 Å². The number of aliphatic carboxylic acids is 1. The molecule has 0 saturated carbocycles. The first kappa shape index (κ1) is 19.2. The Kier molecular flexibility index (Phi) is 5.50. The average molecular weight is 367 g/mol. The third-order valence-corrected chi connectivity index (χ3v) is 3.61. The van der Waals surface area contributed by atoms with Crippen molar-refractivity contribution < 1.29 is 32.2 Å². The Balaban J connectivity index is 2.64. The molecule has 0 aliphatic rings. The summed E-state index contributed by atoms with van der Waals surface area (Å²) in [5, 5.41) is 18.1. The fraction of sp³-hybridized carbons (Fsp3) is 0.222. The van der Waals surface area contributed by atoms with Crippen LogP contribution in [0.1, 0.15) is 24.5 Å². The minimum absolute atomic E-state index is 0.0625. The quantitative estimate of drug-likeness (QED) is 0.783. The molecule has 2 aromatic rings. The van der Waals surface area contributed by atoms with E-state index in [1.54, 1.807) is 13.0 Å². The van der Waals surface area contributed by atoms with Gasteiger partial charge in [0, 0.05) is 11.1 Å². The molecule has 4 nitrogen and oxygen atoms in total. The molecule has 2 rings (SSSR count). The second-order valence-corrected chi connectivity index (χ2v) is 5.37. The van der Waals surface area contributed by atoms with Crippen LogP contribution >= 0.6 is 0 Å². The third-order valence-electron chi connectivity index (χ3n) is 3.61. The summed E-state index contributed by atoms with van der Waals surface area (Å²) in [5.74, 6) is -2.36. The fourth-order valence-corrected chi connectivity index (χ4v) is 2.28. The highest BCUT2D eigenvalue weighted by Crippen LogP contribution is 2.38. The minimum atomic E-state index is -4.69. The maximum absolute atomic E-state index is 14.2. The van der Waals surface area contributed by atoms with Gasteiger partial charge in [0.15, 0.2) is 6.10 Å². The zero-order valence-electron chi connectivity index (χ0n) is 13.5. The van der Waals surface area contributed by atoms with E-state index in [2.05, 4.69) is 0 Å². The molecule has 136 valence electrons. The van der Waals surface area contributed by atoms with Crippen molar-refractivity contribution in [2.24, 2.45) is 0 Å². The molecule has 0 unspecified atom stereocenters. The molecule has 26 heavy (non-hydrogen) atoms. The summed E-state index contributed by atoms with van der Waals surface area (Å²) in [6, 6.07) is 7.35. The van der Waals surface area contributed by atoms with E-state index in [0.29, 0.717) is 18.2 Å². The zero-order chi connectivity index (χ0) is 19.5. The first-order chi connectivity index (χ1) is 12.2. The Morgan fingerprint density at radius 3 is 2.46 bits per heavy atom. The number of ether oxygens (including phenoxy) is 1. The average Bonchev–Trinajstić information content (AvgIpc) is 2.58. The molecule has 0 radical (unpaired) electrons. The van der Waals surface area contributed by atoms with Crippen molar-refractivity contribution in [3.05, 3.63) is 53.3 Å². The zero-order valence-corrected chi connectivity index (χ0v) is 13.5. The first-order valence-corrected chi connectivity index (χ1v) is 7.48. The highest BCUT2D eigenvalue weighted by atomic mass is 19.4. The van der Waals surface area contributed by atoms with Gasteiger partial charge < -0.3 is 9.84 Å². The molecule has 0 fully saturated rings. The predicted octanol–water partition coefficient (Wildman–Crippen LogP) is 4.63. The lowest BCUT2D eigenvalue weighted by molar-refractivity contribution is -0.145. The summed E-state index contributed by atoms with van der Waals surface area (Å²) in [6.07, 6.45) is -5.88. The van der Waals surface area contributed by atoms with Gasteiger partial charge in [-0.15, -0.1) is 0 Å². The monoisotopic (exact) mass is 367 g/mol. The third kappa shape index (κ3) is 4.11. The van der Waals surface area contributed by atoms with Gasteiger partial charge in [0.2, 0.25) is 0 Å². The second-order valence-electron chi connectivity index (χ2n) is 5.37. The Labute approximate surface area is 146 Å². The first-order valence-electron chi connectivity index (χ1n) is 7.48. The van der Waals surface area contributed by atoms with Crippen LogP contribution in [0.4, 0.5) is 17.6 Å². The van der Waals surface area contributed by atoms with E-state index in [1.807, 2.05) is 0 Å². The lowest BCUT2D eigenvalue weighted by Gasteiger charge is -2.18. The van der Waals surface area contributed by atoms with Crippen LogP contribution in [0.5, 0.6) is 5.75 Å². The molecule has 1 N–H and O–H groups in total. The van der Waals surface area contributed by atoms with E-state index in [4.69, 9.17) is 15.1 Å². The molecule has 0 spiro atoms. The largest absolute Gasteiger partial charge is 0.479 e. The second kappa shape index (κ2) is 7.44. The molecule has 0 heterocycles. The number of hydrogen-bond acceptors (Lipinski definition) is 3. The summed E-state index contributed by atoms with van der Waals surface area (Å²) >= 11 is 0. The van der Waals surface area contributed by atoms with E-state index >= 15 is 0 Å². The van der Waals surface area contributed by atoms with Crippen LogP contribution in [0.25, 0.3) is 11.1 Å². The number of rotatable bonds is 5. The van der Waals surface area contributed by atoms with Gasteiger partial charge in [0.05, 0.1) is 17.2 Å². The number of halogens is 4. The molecular formula is C18H13F4NO3. The molecule has 0 saturated heterocycles. The Hall–Kier alpha value is -3.08. The van der Waals surface area contributed by atoms with Crippen LogP contribution in [0.3, 0.4) is 0 Å². The SMILES string of the molecule is CC[C@H](Oc1ccc(C#N)cc1-c1cc(C(F)(F)F)ccc1F)C(=O)O. The van der Waals surface area contributed by atoms with Crippen molar-refractivity contribution in [2.45, 2.75) is 25.6 Å². The summed E-state index contributed by atoms with van der Waals surface area (Å²) in [6.45, 7) is 1.55. The molecule has 1 atom stereocenters. The van der Waals surface area contributed by atoms with Gasteiger partial charge in [-0.25, -0.2) is 9.18 Å². The fourth-order valence-electron chi connectivity index (χ4n) is 2.28. The molecular weight excluding hydrogens is 354 g/mol. The van der Waals surface area contributed by atoms with Crippen molar-refractivity contribution in [1.29, 1.82) is 5.26 Å². The number of alkyl halides is 3. The molecule has 0 aromatic heterocycles. The van der Waals surface area contributed by atoms with Gasteiger partial charge in [0.25, 0.3) is 0 Å². The van der Waals surface area contributed by atoms with Crippen molar-refractivity contribution in [2.75, 3.05) is 0 Å². The Morgan fingerprint density at radius 2 is 1.92 bits per heavy atom. The van der Waals surface area contributed by atoms with Crippen molar-refractivity contribution in [3.8, 4) is 22.9 Å². The van der Waals surface area contributed by atoms with Gasteiger partial charge in [-0.1, -0.05) is 6.92 Å². The number of carboxylic acids is 1. The standard InChI is InChI=1S/C18H13F4NO3/c1-2-15(17(24)25)26-16-6-3-10(9-23)7-13(16)12-8-11(18(20,21)22)4-5-14(12)19/h3-8,15H,2H2,1H3,(H,24,25)/t15-/m0/s1. The highest BCUT2D eigenvalue weighted by Gasteiger charge is 2.31. The van der Waals surface area contributed by atoms with E-state index in [9.17, 15) is 22.4 Å². The Bertz CT molecular complexity index is 872. The highest BCUT2D eigenvalue weighted by molar-refractivity contribution is 5.76. The number of nitriles is 1. The van der Waals surface area contributed by atoms with Crippen LogP contribution in [-0.4, -0.2) is 17.2 Å². The summed E-state index contributed by atoms with van der Waals surface area (Å²) in [4.78, 5) is 11.2. The van der Waals surface area contributed by atoms with Gasteiger partial charge in [-0.3, -0.25) is 0 Å². The Morgan fingerprint density at radius 1 is 1.23 bits per heavy atom. The van der Waals surface area contributed by atoms with Gasteiger partial charge in [-0.2, -0.15) is 18.4 Å². The molecule has 0 aliphatic carbocycles. The van der Waals surface area contributed by atoms with Crippen LogP contribution in [0, 0.1) is 17.1 Å². The van der Waals surface area contributed by atoms with Crippen LogP contribution in [0.2, 0.25) is 0 Å². The van der Waals surface area contributed by atoms with Crippen molar-refractivity contribution >= 4 is 5.97 Å². The molecule has 8 heteroatoms. The van der Waals surface area contributed by atoms with Crippen LogP contribution in [-0.2, 0) is 11.0 Å². The number of carbonyl (C=O) groups is 1. The number of carboxylic acid groups (broad SMARTS) is 1. The van der Waals surface area contributed by atoms with Crippen LogP contribution < -0.4 is 4.74 Å². The summed E-state index contributed by atoms with van der Waals surface area (Å²) < 4.78 is 58.4. The normalized spacial score (nSPS) is 12.3. The lowest BCUT2D eigenvalue weighted by Crippen LogP contribution is -2.26. The topological polar surface area (TPSA) is 70.3 Å². The molecule has 2 aromatic carbocycles. The van der Waals surface area contributed by atoms with E-state index in [1.165, 1.54) is 12.1 Å². The molecule has 0 amide bonds. The van der Waals surface area contributed by atoms with Crippen LogP contribution in [0.15, 0.2) is 36.4 Å². The number of hydrogen-bond donors (Lipinski definition) is 1. The van der Waals surface area contributed by atoms with Gasteiger partial charge >= 0.3 is 12.1 Å². The molecule has 0 bridgehead atoms. The maximum atomic E-state index is 14.2. The van der Waals surface area contributed by atoms with Gasteiger partial charge in [-0.05, 0) is 42.8 Å². The minimum Gasteiger partial charge on any atom is -0.479 e. The number of nitrogens with zero attached hydrogens (tertiary/aromatic N) is 1. The summed E-state index contributed by atoms with van der Waals surface area (Å²) in [7, 11) is 0. The smallest absolute Gasteiger partial charge is 0.416 e. The van der Waals surface area contributed by atoms with E-state index in [-0.39, 0.29) is 23.3 Å². The lowest BCUT2D eigenvalue weighted by atomic mass is 9.99. The van der Waals surface area contributed by atoms with E-state index < -0.39 is 35.2 Å². The van der Waals surface area contributed by atoms with E-state index in [0.717, 1.165) is 6.07 Å². The van der Waals surface area contributed by atoms with Crippen molar-refractivity contribution in [3.63, 3.8) is 0 Å². The molecule has 0 aliphatic heterocycles. The van der Waals surface area contributed by atoms with Crippen molar-refractivity contribution in [1.82, 2.24) is 0 Å². The predicted molar refractivity (Wildman–Crippen MR) is 83.9 cm³/mol.